The summed E-state index contributed by atoms with van der Waals surface area (Å²) in [5.41, 5.74) is 6.86. The van der Waals surface area contributed by atoms with Gasteiger partial charge in [0.05, 0.1) is 0 Å². The van der Waals surface area contributed by atoms with Crippen molar-refractivity contribution in [1.29, 1.82) is 0 Å². The molecule has 56 valence electrons. The van der Waals surface area contributed by atoms with Crippen molar-refractivity contribution in [3.05, 3.63) is 24.3 Å². The molecule has 2 saturated carbocycles. The van der Waals surface area contributed by atoms with Gasteiger partial charge < -0.3 is 5.73 Å². The Morgan fingerprint density at radius 2 is 2.18 bits per heavy atom. The maximum atomic E-state index is 6.28. The van der Waals surface area contributed by atoms with E-state index in [4.69, 9.17) is 5.73 Å². The Morgan fingerprint density at radius 3 is 2.64 bits per heavy atom. The molecule has 5 atom stereocenters. The van der Waals surface area contributed by atoms with Gasteiger partial charge in [0, 0.05) is 11.0 Å². The molecule has 4 bridgehead atoms. The van der Waals surface area contributed by atoms with E-state index in [1.807, 2.05) is 0 Å². The highest BCUT2D eigenvalue weighted by molar-refractivity contribution is 5.50. The third kappa shape index (κ3) is 0.265. The number of allylic oxidation sites excluding steroid dienone is 3. The van der Waals surface area contributed by atoms with Crippen LogP contribution >= 0.6 is 0 Å². The lowest BCUT2D eigenvalue weighted by atomic mass is 9.66. The molecule has 4 rings (SSSR count). The second-order valence-corrected chi connectivity index (χ2v) is 4.61. The first kappa shape index (κ1) is 5.15. The molecule has 2 N–H and O–H groups in total. The maximum Gasteiger partial charge on any atom is 0.0414 e. The van der Waals surface area contributed by atoms with E-state index in [1.165, 1.54) is 6.42 Å². The van der Waals surface area contributed by atoms with Crippen molar-refractivity contribution in [2.24, 2.45) is 28.9 Å². The zero-order chi connectivity index (χ0) is 7.27. The molecule has 0 aliphatic heterocycles. The van der Waals surface area contributed by atoms with Crippen molar-refractivity contribution < 1.29 is 0 Å². The summed E-state index contributed by atoms with van der Waals surface area (Å²) in [7, 11) is 0. The Morgan fingerprint density at radius 1 is 1.27 bits per heavy atom. The minimum Gasteiger partial charge on any atom is -0.321 e. The molecule has 1 heteroatoms. The smallest absolute Gasteiger partial charge is 0.0414 e. The Bertz CT molecular complexity index is 317. The van der Waals surface area contributed by atoms with Crippen LogP contribution in [0.5, 0.6) is 0 Å². The highest BCUT2D eigenvalue weighted by Gasteiger charge is 2.75. The molecule has 0 aromatic heterocycles. The predicted molar refractivity (Wildman–Crippen MR) is 42.7 cm³/mol. The summed E-state index contributed by atoms with van der Waals surface area (Å²) in [4.78, 5) is 0. The van der Waals surface area contributed by atoms with Gasteiger partial charge in [-0.15, -0.1) is 0 Å². The third-order valence-corrected chi connectivity index (χ3v) is 4.60. The van der Waals surface area contributed by atoms with E-state index in [2.05, 4.69) is 24.3 Å². The van der Waals surface area contributed by atoms with Crippen LogP contribution in [0, 0.1) is 23.2 Å². The van der Waals surface area contributed by atoms with E-state index in [0.717, 1.165) is 17.8 Å². The Balaban J connectivity index is 2.07. The number of nitrogens with two attached hydrogens (primary N) is 1. The molecule has 1 nitrogen and oxygen atoms in total. The highest BCUT2D eigenvalue weighted by atomic mass is 14.9. The minimum atomic E-state index is 0.119. The monoisotopic (exact) mass is 145 g/mol. The summed E-state index contributed by atoms with van der Waals surface area (Å²) in [6.07, 6.45) is 10.8. The number of fused-ring (bicyclic) bond motifs is 1. The largest absolute Gasteiger partial charge is 0.321 e. The molecule has 0 radical (unpaired) electrons. The Hall–Kier alpha value is -0.560. The number of rotatable bonds is 0. The molecule has 0 heterocycles. The van der Waals surface area contributed by atoms with Crippen molar-refractivity contribution >= 4 is 0 Å². The van der Waals surface area contributed by atoms with Gasteiger partial charge in [-0.25, -0.2) is 0 Å². The van der Waals surface area contributed by atoms with Gasteiger partial charge in [-0.2, -0.15) is 0 Å². The third-order valence-electron chi connectivity index (χ3n) is 4.60. The van der Waals surface area contributed by atoms with Crippen LogP contribution in [0.25, 0.3) is 0 Å². The van der Waals surface area contributed by atoms with Crippen LogP contribution in [-0.2, 0) is 0 Å². The molecular formula is C10H11N. The molecule has 0 saturated heterocycles. The van der Waals surface area contributed by atoms with Crippen LogP contribution in [-0.4, -0.2) is 5.54 Å². The van der Waals surface area contributed by atoms with Gasteiger partial charge in [0.2, 0.25) is 0 Å². The van der Waals surface area contributed by atoms with Crippen molar-refractivity contribution in [2.75, 3.05) is 0 Å². The van der Waals surface area contributed by atoms with Crippen molar-refractivity contribution in [3.63, 3.8) is 0 Å². The average molecular weight is 145 g/mol. The quantitative estimate of drug-likeness (QED) is 0.507. The molecule has 4 aliphatic rings. The minimum absolute atomic E-state index is 0.119. The number of hydrogen-bond donors (Lipinski definition) is 1. The van der Waals surface area contributed by atoms with Gasteiger partial charge in [-0.05, 0) is 24.2 Å². The fraction of sp³-hybridized carbons (Fsp3) is 0.600. The highest BCUT2D eigenvalue weighted by Crippen LogP contribution is 2.76. The number of hydrogen-bond acceptors (Lipinski definition) is 1. The normalized spacial score (nSPS) is 72.6. The molecule has 0 aromatic carbocycles. The summed E-state index contributed by atoms with van der Waals surface area (Å²) in [5.74, 6) is 2.39. The van der Waals surface area contributed by atoms with Crippen LogP contribution in [0.1, 0.15) is 6.42 Å². The van der Waals surface area contributed by atoms with Crippen LogP contribution in [0.4, 0.5) is 0 Å². The average Bonchev–Trinajstić information content (AvgIpc) is 2.35. The van der Waals surface area contributed by atoms with Crippen molar-refractivity contribution in [3.8, 4) is 0 Å². The Kier molecular flexibility index (Phi) is 0.486. The zero-order valence-electron chi connectivity index (χ0n) is 6.33. The molecule has 0 aromatic rings. The summed E-state index contributed by atoms with van der Waals surface area (Å²) in [5, 5.41) is 0. The Labute approximate surface area is 66.0 Å². The van der Waals surface area contributed by atoms with E-state index < -0.39 is 0 Å². The second kappa shape index (κ2) is 1.04. The van der Waals surface area contributed by atoms with Crippen LogP contribution in [0.15, 0.2) is 24.3 Å². The summed E-state index contributed by atoms with van der Waals surface area (Å²) in [6, 6.07) is 0. The first-order valence-corrected chi connectivity index (χ1v) is 4.46. The van der Waals surface area contributed by atoms with E-state index in [1.54, 1.807) is 0 Å². The lowest BCUT2D eigenvalue weighted by Crippen LogP contribution is -2.55. The van der Waals surface area contributed by atoms with Crippen molar-refractivity contribution in [2.45, 2.75) is 12.0 Å². The topological polar surface area (TPSA) is 26.0 Å². The fourth-order valence-electron chi connectivity index (χ4n) is 3.93. The summed E-state index contributed by atoms with van der Waals surface area (Å²) >= 11 is 0. The SMILES string of the molecule is N[C@]12C=C[C@]34C=CC3C1C[C@@H]42. The van der Waals surface area contributed by atoms with Crippen molar-refractivity contribution in [1.82, 2.24) is 0 Å². The zero-order valence-corrected chi connectivity index (χ0v) is 6.33. The van der Waals surface area contributed by atoms with Gasteiger partial charge >= 0.3 is 0 Å². The first-order valence-electron chi connectivity index (χ1n) is 4.46. The van der Waals surface area contributed by atoms with Gasteiger partial charge in [0.15, 0.2) is 0 Å². The molecule has 4 aliphatic carbocycles. The fourth-order valence-corrected chi connectivity index (χ4v) is 3.93. The lowest BCUT2D eigenvalue weighted by Gasteiger charge is -2.43. The van der Waals surface area contributed by atoms with Gasteiger partial charge in [0.25, 0.3) is 0 Å². The standard InChI is InChI=1S/C10H11N/c11-10-4-3-9-2-1-6(9)7(10)5-8(9)10/h1-4,6-8H,5,11H2/t6?,7?,8-,9+,10+/m0/s1. The predicted octanol–water partition coefficient (Wildman–Crippen LogP) is 1.08. The second-order valence-electron chi connectivity index (χ2n) is 4.61. The lowest BCUT2D eigenvalue weighted by molar-refractivity contribution is 0.150. The summed E-state index contributed by atoms with van der Waals surface area (Å²) in [6.45, 7) is 0. The van der Waals surface area contributed by atoms with Crippen LogP contribution in [0.2, 0.25) is 0 Å². The first-order chi connectivity index (χ1) is 5.27. The van der Waals surface area contributed by atoms with Crippen LogP contribution < -0.4 is 5.73 Å². The van der Waals surface area contributed by atoms with Gasteiger partial charge in [-0.3, -0.25) is 0 Å². The molecule has 1 spiro atoms. The van der Waals surface area contributed by atoms with Crippen LogP contribution in [0.3, 0.4) is 0 Å². The van der Waals surface area contributed by atoms with E-state index >= 15 is 0 Å². The maximum absolute atomic E-state index is 6.28. The van der Waals surface area contributed by atoms with E-state index in [0.29, 0.717) is 5.41 Å². The molecule has 2 unspecified atom stereocenters. The van der Waals surface area contributed by atoms with E-state index in [-0.39, 0.29) is 5.54 Å². The van der Waals surface area contributed by atoms with Gasteiger partial charge in [-0.1, -0.05) is 24.3 Å². The molecule has 0 amide bonds. The van der Waals surface area contributed by atoms with Gasteiger partial charge in [0.1, 0.15) is 0 Å². The molecular weight excluding hydrogens is 134 g/mol. The summed E-state index contributed by atoms with van der Waals surface area (Å²) < 4.78 is 0. The van der Waals surface area contributed by atoms with E-state index in [9.17, 15) is 0 Å². The molecule has 2 fully saturated rings. The molecule has 11 heavy (non-hydrogen) atoms.